The van der Waals surface area contributed by atoms with Crippen LogP contribution >= 0.6 is 0 Å². The molecule has 0 saturated heterocycles. The van der Waals surface area contributed by atoms with Crippen molar-refractivity contribution < 1.29 is 0 Å². The van der Waals surface area contributed by atoms with E-state index in [4.69, 9.17) is 5.73 Å². The first-order valence-electron chi connectivity index (χ1n) is 7.03. The van der Waals surface area contributed by atoms with E-state index in [2.05, 4.69) is 57.8 Å². The number of benzene rings is 1. The van der Waals surface area contributed by atoms with Gasteiger partial charge < -0.3 is 5.73 Å². The zero-order valence-electron chi connectivity index (χ0n) is 12.5. The lowest BCUT2D eigenvalue weighted by atomic mass is 9.98. The monoisotopic (exact) mass is 248 g/mol. The van der Waals surface area contributed by atoms with Gasteiger partial charge in [-0.15, -0.1) is 0 Å². The Balaban J connectivity index is 3.01. The van der Waals surface area contributed by atoms with Gasteiger partial charge in [0.1, 0.15) is 0 Å². The molecule has 1 rings (SSSR count). The Labute approximate surface area is 112 Å². The fraction of sp³-hybridized carbons (Fsp3) is 0.625. The number of nitrogens with two attached hydrogens (primary N) is 1. The molecule has 1 aromatic rings. The Kier molecular flexibility index (Phi) is 5.83. The largest absolute Gasteiger partial charge is 0.329 e. The molecule has 0 bridgehead atoms. The van der Waals surface area contributed by atoms with E-state index in [1.54, 1.807) is 0 Å². The third-order valence-corrected chi connectivity index (χ3v) is 3.86. The smallest absolute Gasteiger partial charge is 0.0470 e. The van der Waals surface area contributed by atoms with E-state index >= 15 is 0 Å². The van der Waals surface area contributed by atoms with Crippen molar-refractivity contribution in [1.29, 1.82) is 0 Å². The second kappa shape index (κ2) is 6.91. The molecule has 2 heteroatoms. The quantitative estimate of drug-likeness (QED) is 0.836. The maximum Gasteiger partial charge on any atom is 0.0470 e. The van der Waals surface area contributed by atoms with Gasteiger partial charge in [0.25, 0.3) is 0 Å². The van der Waals surface area contributed by atoms with Crippen LogP contribution in [-0.2, 0) is 0 Å². The highest BCUT2D eigenvalue weighted by molar-refractivity contribution is 5.31. The van der Waals surface area contributed by atoms with Gasteiger partial charge in [0.15, 0.2) is 0 Å². The molecule has 0 saturated carbocycles. The first-order valence-corrected chi connectivity index (χ1v) is 7.03. The van der Waals surface area contributed by atoms with Gasteiger partial charge >= 0.3 is 0 Å². The van der Waals surface area contributed by atoms with Gasteiger partial charge in [-0.05, 0) is 39.3 Å². The van der Waals surface area contributed by atoms with E-state index in [-0.39, 0.29) is 0 Å². The van der Waals surface area contributed by atoms with Crippen molar-refractivity contribution in [2.75, 3.05) is 13.6 Å². The number of nitrogens with zero attached hydrogens (tertiary/aromatic N) is 1. The molecule has 0 aliphatic carbocycles. The second-order valence-electron chi connectivity index (χ2n) is 5.31. The molecule has 0 aliphatic heterocycles. The maximum atomic E-state index is 6.01. The van der Waals surface area contributed by atoms with Crippen LogP contribution in [0.5, 0.6) is 0 Å². The number of hydrogen-bond donors (Lipinski definition) is 1. The highest BCUT2D eigenvalue weighted by Crippen LogP contribution is 2.24. The molecule has 102 valence electrons. The van der Waals surface area contributed by atoms with Crippen LogP contribution in [0.15, 0.2) is 18.2 Å². The molecule has 0 fully saturated rings. The minimum absolute atomic E-state index is 0.327. The van der Waals surface area contributed by atoms with Crippen molar-refractivity contribution in [3.05, 3.63) is 34.9 Å². The minimum Gasteiger partial charge on any atom is -0.329 e. The molecule has 0 spiro atoms. The fourth-order valence-electron chi connectivity index (χ4n) is 2.86. The van der Waals surface area contributed by atoms with E-state index in [1.165, 1.54) is 29.5 Å². The zero-order chi connectivity index (χ0) is 13.7. The van der Waals surface area contributed by atoms with E-state index in [1.807, 2.05) is 0 Å². The highest BCUT2D eigenvalue weighted by Gasteiger charge is 2.21. The number of hydrogen-bond acceptors (Lipinski definition) is 2. The van der Waals surface area contributed by atoms with Crippen LogP contribution in [0.4, 0.5) is 0 Å². The van der Waals surface area contributed by atoms with Gasteiger partial charge in [0.2, 0.25) is 0 Å². The van der Waals surface area contributed by atoms with E-state index in [0.717, 1.165) is 0 Å². The Hall–Kier alpha value is -0.860. The lowest BCUT2D eigenvalue weighted by molar-refractivity contribution is 0.167. The summed E-state index contributed by atoms with van der Waals surface area (Å²) >= 11 is 0. The standard InChI is InChI=1S/C16H28N2/c1-6-15(7-2)18(5)16(11-17)14-9-12(3)8-13(4)10-14/h8-10,15-16H,6-7,11,17H2,1-5H3. The zero-order valence-corrected chi connectivity index (χ0v) is 12.5. The van der Waals surface area contributed by atoms with Gasteiger partial charge in [0, 0.05) is 18.6 Å². The van der Waals surface area contributed by atoms with Crippen molar-refractivity contribution in [2.24, 2.45) is 5.73 Å². The normalized spacial score (nSPS) is 13.3. The van der Waals surface area contributed by atoms with Crippen molar-refractivity contribution in [3.8, 4) is 0 Å². The summed E-state index contributed by atoms with van der Waals surface area (Å²) < 4.78 is 0. The highest BCUT2D eigenvalue weighted by atomic mass is 15.2. The summed E-state index contributed by atoms with van der Waals surface area (Å²) in [6.45, 7) is 9.48. The van der Waals surface area contributed by atoms with Crippen molar-refractivity contribution in [3.63, 3.8) is 0 Å². The topological polar surface area (TPSA) is 29.3 Å². The minimum atomic E-state index is 0.327. The summed E-state index contributed by atoms with van der Waals surface area (Å²) in [5.74, 6) is 0. The summed E-state index contributed by atoms with van der Waals surface area (Å²) in [6, 6.07) is 7.69. The summed E-state index contributed by atoms with van der Waals surface area (Å²) in [5, 5.41) is 0. The van der Waals surface area contributed by atoms with Gasteiger partial charge in [-0.3, -0.25) is 4.90 Å². The Morgan fingerprint density at radius 3 is 1.94 bits per heavy atom. The van der Waals surface area contributed by atoms with Gasteiger partial charge in [-0.25, -0.2) is 0 Å². The molecule has 0 amide bonds. The van der Waals surface area contributed by atoms with E-state index in [9.17, 15) is 0 Å². The third kappa shape index (κ3) is 3.56. The first kappa shape index (κ1) is 15.2. The molecule has 0 radical (unpaired) electrons. The fourth-order valence-corrected chi connectivity index (χ4v) is 2.86. The molecule has 0 heterocycles. The molecule has 18 heavy (non-hydrogen) atoms. The summed E-state index contributed by atoms with van der Waals surface area (Å²) in [4.78, 5) is 2.44. The van der Waals surface area contributed by atoms with Gasteiger partial charge in [-0.2, -0.15) is 0 Å². The molecule has 1 atom stereocenters. The Morgan fingerprint density at radius 1 is 1.06 bits per heavy atom. The van der Waals surface area contributed by atoms with Crippen LogP contribution in [0.1, 0.15) is 49.4 Å². The maximum absolute atomic E-state index is 6.01. The Morgan fingerprint density at radius 2 is 1.56 bits per heavy atom. The molecule has 2 nitrogen and oxygen atoms in total. The molecule has 1 aromatic carbocycles. The number of aryl methyl sites for hydroxylation is 2. The van der Waals surface area contributed by atoms with Crippen LogP contribution in [-0.4, -0.2) is 24.5 Å². The van der Waals surface area contributed by atoms with Crippen molar-refractivity contribution >= 4 is 0 Å². The van der Waals surface area contributed by atoms with Crippen LogP contribution < -0.4 is 5.73 Å². The average molecular weight is 248 g/mol. The summed E-state index contributed by atoms with van der Waals surface area (Å²) in [5.41, 5.74) is 10.0. The molecular weight excluding hydrogens is 220 g/mol. The van der Waals surface area contributed by atoms with Crippen molar-refractivity contribution in [2.45, 2.75) is 52.6 Å². The average Bonchev–Trinajstić information content (AvgIpc) is 2.30. The van der Waals surface area contributed by atoms with Crippen molar-refractivity contribution in [1.82, 2.24) is 4.90 Å². The van der Waals surface area contributed by atoms with Crippen LogP contribution in [0.25, 0.3) is 0 Å². The molecule has 2 N–H and O–H groups in total. The lowest BCUT2D eigenvalue weighted by Crippen LogP contribution is -2.38. The van der Waals surface area contributed by atoms with Crippen LogP contribution in [0.2, 0.25) is 0 Å². The molecule has 1 unspecified atom stereocenters. The first-order chi connectivity index (χ1) is 8.53. The number of likely N-dealkylation sites (N-methyl/N-ethyl adjacent to an activating group) is 1. The summed E-state index contributed by atoms with van der Waals surface area (Å²) in [7, 11) is 2.20. The SMILES string of the molecule is CCC(CC)N(C)C(CN)c1cc(C)cc(C)c1. The van der Waals surface area contributed by atoms with Crippen LogP contribution in [0, 0.1) is 13.8 Å². The predicted octanol–water partition coefficient (Wildman–Crippen LogP) is 3.42. The van der Waals surface area contributed by atoms with E-state index in [0.29, 0.717) is 18.6 Å². The van der Waals surface area contributed by atoms with E-state index < -0.39 is 0 Å². The molecule has 0 aromatic heterocycles. The Bertz CT molecular complexity index is 349. The molecule has 0 aliphatic rings. The lowest BCUT2D eigenvalue weighted by Gasteiger charge is -2.34. The van der Waals surface area contributed by atoms with Crippen LogP contribution in [0.3, 0.4) is 0 Å². The second-order valence-corrected chi connectivity index (χ2v) is 5.31. The predicted molar refractivity (Wildman–Crippen MR) is 79.8 cm³/mol. The van der Waals surface area contributed by atoms with Gasteiger partial charge in [0.05, 0.1) is 0 Å². The molecular formula is C16H28N2. The van der Waals surface area contributed by atoms with Gasteiger partial charge in [-0.1, -0.05) is 43.2 Å². The number of rotatable bonds is 6. The third-order valence-electron chi connectivity index (χ3n) is 3.86. The summed E-state index contributed by atoms with van der Waals surface area (Å²) in [6.07, 6.45) is 2.35.